The van der Waals surface area contributed by atoms with Crippen LogP contribution in [0.15, 0.2) is 53.4 Å². The number of benzene rings is 2. The van der Waals surface area contributed by atoms with Crippen molar-refractivity contribution in [3.63, 3.8) is 0 Å². The first kappa shape index (κ1) is 24.2. The highest BCUT2D eigenvalue weighted by molar-refractivity contribution is 7.89. The molecule has 170 valence electrons. The molecule has 1 heterocycles. The Morgan fingerprint density at radius 2 is 1.69 bits per heavy atom. The molecule has 0 bridgehead atoms. The molecular formula is C21H20Cl2N2O6S. The predicted molar refractivity (Wildman–Crippen MR) is 121 cm³/mol. The van der Waals surface area contributed by atoms with Gasteiger partial charge in [0.1, 0.15) is 0 Å². The smallest absolute Gasteiger partial charge is 0.331 e. The molecule has 0 spiro atoms. The second-order valence-corrected chi connectivity index (χ2v) is 9.54. The third kappa shape index (κ3) is 6.78. The summed E-state index contributed by atoms with van der Waals surface area (Å²) in [5.74, 6) is -1.28. The zero-order chi connectivity index (χ0) is 23.1. The Labute approximate surface area is 195 Å². The summed E-state index contributed by atoms with van der Waals surface area (Å²) in [6, 6.07) is 10.6. The molecule has 2 aromatic rings. The van der Waals surface area contributed by atoms with Crippen molar-refractivity contribution in [3.8, 4) is 0 Å². The first-order chi connectivity index (χ1) is 15.2. The van der Waals surface area contributed by atoms with Gasteiger partial charge >= 0.3 is 5.97 Å². The van der Waals surface area contributed by atoms with Gasteiger partial charge in [0, 0.05) is 34.9 Å². The van der Waals surface area contributed by atoms with E-state index in [1.165, 1.54) is 40.7 Å². The van der Waals surface area contributed by atoms with Crippen LogP contribution in [0.25, 0.3) is 6.08 Å². The Hall–Kier alpha value is -2.43. The molecule has 0 radical (unpaired) electrons. The Balaban J connectivity index is 1.51. The summed E-state index contributed by atoms with van der Waals surface area (Å²) in [5, 5.41) is 3.24. The lowest BCUT2D eigenvalue weighted by molar-refractivity contribution is -0.142. The maximum absolute atomic E-state index is 12.6. The van der Waals surface area contributed by atoms with Gasteiger partial charge in [-0.05, 0) is 42.0 Å². The number of nitrogens with zero attached hydrogens (tertiary/aromatic N) is 1. The molecule has 1 fully saturated rings. The number of carbonyl (C=O) groups is 2. The topological polar surface area (TPSA) is 102 Å². The van der Waals surface area contributed by atoms with Crippen molar-refractivity contribution >= 4 is 56.9 Å². The van der Waals surface area contributed by atoms with Crippen LogP contribution in [0.2, 0.25) is 10.0 Å². The summed E-state index contributed by atoms with van der Waals surface area (Å²) < 4.78 is 36.7. The summed E-state index contributed by atoms with van der Waals surface area (Å²) in [5.41, 5.74) is 0.979. The van der Waals surface area contributed by atoms with E-state index in [-0.39, 0.29) is 4.90 Å². The van der Waals surface area contributed by atoms with E-state index in [2.05, 4.69) is 5.32 Å². The quantitative estimate of drug-likeness (QED) is 0.464. The number of rotatable bonds is 7. The van der Waals surface area contributed by atoms with Crippen molar-refractivity contribution < 1.29 is 27.5 Å². The van der Waals surface area contributed by atoms with E-state index in [4.69, 9.17) is 32.7 Å². The van der Waals surface area contributed by atoms with Crippen molar-refractivity contribution in [1.29, 1.82) is 0 Å². The standard InChI is InChI=1S/C21H20Cl2N2O6S/c22-16-11-17(23)13-18(12-16)24-20(26)14-31-21(27)6-3-15-1-4-19(5-2-15)32(28,29)25-7-9-30-10-8-25/h1-6,11-13H,7-10,14H2,(H,24,26). The number of hydrogen-bond acceptors (Lipinski definition) is 6. The Bertz CT molecular complexity index is 1090. The van der Waals surface area contributed by atoms with Crippen LogP contribution in [0.4, 0.5) is 5.69 Å². The minimum absolute atomic E-state index is 0.164. The molecule has 1 aliphatic rings. The van der Waals surface area contributed by atoms with Gasteiger partial charge < -0.3 is 14.8 Å². The average molecular weight is 499 g/mol. The van der Waals surface area contributed by atoms with Gasteiger partial charge in [-0.2, -0.15) is 4.31 Å². The maximum atomic E-state index is 12.6. The maximum Gasteiger partial charge on any atom is 0.331 e. The largest absolute Gasteiger partial charge is 0.452 e. The Morgan fingerprint density at radius 1 is 1.06 bits per heavy atom. The number of carbonyl (C=O) groups excluding carboxylic acids is 2. The number of esters is 1. The molecular weight excluding hydrogens is 479 g/mol. The van der Waals surface area contributed by atoms with Crippen LogP contribution in [-0.4, -0.2) is 57.5 Å². The number of nitrogens with one attached hydrogen (secondary N) is 1. The third-order valence-electron chi connectivity index (χ3n) is 4.39. The zero-order valence-electron chi connectivity index (χ0n) is 16.8. The van der Waals surface area contributed by atoms with Gasteiger partial charge in [0.2, 0.25) is 10.0 Å². The molecule has 0 aromatic heterocycles. The Morgan fingerprint density at radius 3 is 2.31 bits per heavy atom. The number of amides is 1. The molecule has 8 nitrogen and oxygen atoms in total. The summed E-state index contributed by atoms with van der Waals surface area (Å²) in [6.45, 7) is 0.867. The molecule has 2 aromatic carbocycles. The molecule has 32 heavy (non-hydrogen) atoms. The van der Waals surface area contributed by atoms with E-state index in [1.807, 2.05) is 0 Å². The summed E-state index contributed by atoms with van der Waals surface area (Å²) >= 11 is 11.7. The third-order valence-corrected chi connectivity index (χ3v) is 6.74. The molecule has 0 aliphatic carbocycles. The molecule has 1 saturated heterocycles. The molecule has 11 heteroatoms. The number of sulfonamides is 1. The highest BCUT2D eigenvalue weighted by Gasteiger charge is 2.25. The van der Waals surface area contributed by atoms with Crippen LogP contribution in [0.5, 0.6) is 0 Å². The van der Waals surface area contributed by atoms with E-state index in [0.29, 0.717) is 47.6 Å². The molecule has 1 aliphatic heterocycles. The van der Waals surface area contributed by atoms with Gasteiger partial charge in [-0.1, -0.05) is 35.3 Å². The molecule has 0 unspecified atom stereocenters. The summed E-state index contributed by atoms with van der Waals surface area (Å²) in [7, 11) is -3.58. The van der Waals surface area contributed by atoms with Crippen LogP contribution >= 0.6 is 23.2 Å². The molecule has 0 atom stereocenters. The number of anilines is 1. The van der Waals surface area contributed by atoms with E-state index < -0.39 is 28.5 Å². The molecule has 1 N–H and O–H groups in total. The minimum Gasteiger partial charge on any atom is -0.452 e. The van der Waals surface area contributed by atoms with Crippen LogP contribution in [0, 0.1) is 0 Å². The number of ether oxygens (including phenoxy) is 2. The molecule has 0 saturated carbocycles. The first-order valence-corrected chi connectivity index (χ1v) is 11.7. The van der Waals surface area contributed by atoms with Crippen LogP contribution < -0.4 is 5.32 Å². The molecule has 1 amide bonds. The van der Waals surface area contributed by atoms with E-state index in [0.717, 1.165) is 6.08 Å². The van der Waals surface area contributed by atoms with Gasteiger partial charge in [-0.25, -0.2) is 13.2 Å². The lowest BCUT2D eigenvalue weighted by Gasteiger charge is -2.26. The van der Waals surface area contributed by atoms with Gasteiger partial charge in [-0.15, -0.1) is 0 Å². The van der Waals surface area contributed by atoms with Crippen LogP contribution in [0.1, 0.15) is 5.56 Å². The van der Waals surface area contributed by atoms with Gasteiger partial charge in [0.05, 0.1) is 18.1 Å². The fraction of sp³-hybridized carbons (Fsp3) is 0.238. The SMILES string of the molecule is O=C(COC(=O)C=Cc1ccc(S(=O)(=O)N2CCOCC2)cc1)Nc1cc(Cl)cc(Cl)c1. The Kier molecular flexibility index (Phi) is 8.27. The fourth-order valence-electron chi connectivity index (χ4n) is 2.86. The summed E-state index contributed by atoms with van der Waals surface area (Å²) in [4.78, 5) is 23.9. The van der Waals surface area contributed by atoms with E-state index in [1.54, 1.807) is 12.1 Å². The van der Waals surface area contributed by atoms with Crippen molar-refractivity contribution in [2.75, 3.05) is 38.2 Å². The second kappa shape index (κ2) is 10.9. The number of halogens is 2. The van der Waals surface area contributed by atoms with E-state index in [9.17, 15) is 18.0 Å². The predicted octanol–water partition coefficient (Wildman–Crippen LogP) is 3.21. The van der Waals surface area contributed by atoms with Gasteiger partial charge in [-0.3, -0.25) is 4.79 Å². The van der Waals surface area contributed by atoms with Crippen LogP contribution in [-0.2, 0) is 29.1 Å². The first-order valence-electron chi connectivity index (χ1n) is 9.53. The molecule has 3 rings (SSSR count). The second-order valence-electron chi connectivity index (χ2n) is 6.73. The fourth-order valence-corrected chi connectivity index (χ4v) is 4.79. The summed E-state index contributed by atoms with van der Waals surface area (Å²) in [6.07, 6.45) is 2.61. The highest BCUT2D eigenvalue weighted by atomic mass is 35.5. The van der Waals surface area contributed by atoms with Crippen molar-refractivity contribution in [3.05, 3.63) is 64.1 Å². The lowest BCUT2D eigenvalue weighted by atomic mass is 10.2. The van der Waals surface area contributed by atoms with Crippen LogP contribution in [0.3, 0.4) is 0 Å². The average Bonchev–Trinajstić information content (AvgIpc) is 2.76. The van der Waals surface area contributed by atoms with E-state index >= 15 is 0 Å². The normalized spacial score (nSPS) is 14.9. The van der Waals surface area contributed by atoms with Gasteiger partial charge in [0.15, 0.2) is 6.61 Å². The zero-order valence-corrected chi connectivity index (χ0v) is 19.1. The number of hydrogen-bond donors (Lipinski definition) is 1. The monoisotopic (exact) mass is 498 g/mol. The van der Waals surface area contributed by atoms with Gasteiger partial charge in [0.25, 0.3) is 5.91 Å². The van der Waals surface area contributed by atoms with Crippen molar-refractivity contribution in [1.82, 2.24) is 4.31 Å². The number of morpholine rings is 1. The van der Waals surface area contributed by atoms with Crippen molar-refractivity contribution in [2.24, 2.45) is 0 Å². The highest BCUT2D eigenvalue weighted by Crippen LogP contribution is 2.22. The lowest BCUT2D eigenvalue weighted by Crippen LogP contribution is -2.40. The van der Waals surface area contributed by atoms with Crippen molar-refractivity contribution in [2.45, 2.75) is 4.90 Å². The minimum atomic E-state index is -3.58.